The van der Waals surface area contributed by atoms with Gasteiger partial charge in [0, 0.05) is 98.3 Å². The highest BCUT2D eigenvalue weighted by Crippen LogP contribution is 2.56. The van der Waals surface area contributed by atoms with E-state index in [0.29, 0.717) is 48.6 Å². The number of piperazine rings is 1. The molecule has 2 atom stereocenters. The van der Waals surface area contributed by atoms with E-state index < -0.39 is 35.1 Å². The molecule has 8 rings (SSSR count). The topological polar surface area (TPSA) is 173 Å². The van der Waals surface area contributed by atoms with Crippen LogP contribution in [-0.4, -0.2) is 105 Å². The lowest BCUT2D eigenvalue weighted by atomic mass is 9.77. The number of carbonyl (C=O) groups excluding carboxylic acids is 5. The van der Waals surface area contributed by atoms with Gasteiger partial charge >= 0.3 is 6.03 Å². The van der Waals surface area contributed by atoms with E-state index in [4.69, 9.17) is 31.5 Å². The third kappa shape index (κ3) is 10.2. The fourth-order valence-electron chi connectivity index (χ4n) is 10.5. The van der Waals surface area contributed by atoms with Gasteiger partial charge in [-0.25, -0.2) is 13.6 Å². The molecule has 0 bridgehead atoms. The number of fused-ring (bicyclic) bond motifs is 1. The van der Waals surface area contributed by atoms with Crippen molar-refractivity contribution in [1.82, 2.24) is 20.4 Å². The van der Waals surface area contributed by atoms with E-state index in [1.165, 1.54) is 37.3 Å². The fourth-order valence-corrected chi connectivity index (χ4v) is 10.7. The summed E-state index contributed by atoms with van der Waals surface area (Å²) in [5.41, 5.74) is 6.41. The number of nitrogens with zero attached hydrogens (tertiary/aromatic N) is 3. The maximum atomic E-state index is 16.2. The van der Waals surface area contributed by atoms with Crippen molar-refractivity contribution >= 4 is 46.8 Å². The molecule has 1 aliphatic carbocycles. The van der Waals surface area contributed by atoms with E-state index in [2.05, 4.69) is 15.5 Å². The molecular formula is C52H59ClF2N6O8. The minimum Gasteiger partial charge on any atom is -0.495 e. The molecule has 3 fully saturated rings. The number of hydrogen-bond acceptors (Lipinski definition) is 10. The monoisotopic (exact) mass is 968 g/mol. The number of unbranched alkanes of at least 4 members (excludes halogenated alkanes) is 2. The lowest BCUT2D eigenvalue weighted by Crippen LogP contribution is -2.51. The highest BCUT2D eigenvalue weighted by Gasteiger charge is 2.50. The van der Waals surface area contributed by atoms with Crippen LogP contribution in [0.1, 0.15) is 102 Å². The van der Waals surface area contributed by atoms with Crippen molar-refractivity contribution in [2.24, 2.45) is 11.7 Å². The van der Waals surface area contributed by atoms with Crippen LogP contribution in [0.3, 0.4) is 0 Å². The number of primary amides is 1. The Morgan fingerprint density at radius 3 is 2.28 bits per heavy atom. The second-order valence-corrected chi connectivity index (χ2v) is 18.8. The van der Waals surface area contributed by atoms with Gasteiger partial charge in [-0.2, -0.15) is 0 Å². The average molecular weight is 970 g/mol. The minimum absolute atomic E-state index is 0.0130. The number of carbonyl (C=O) groups is 5. The van der Waals surface area contributed by atoms with Crippen molar-refractivity contribution in [3.63, 3.8) is 0 Å². The first-order chi connectivity index (χ1) is 33.2. The predicted octanol–water partition coefficient (Wildman–Crippen LogP) is 7.97. The fraction of sp³-hybridized carbons (Fsp3) is 0.442. The van der Waals surface area contributed by atoms with Gasteiger partial charge in [-0.15, -0.1) is 0 Å². The first-order valence-corrected chi connectivity index (χ1v) is 24.1. The largest absolute Gasteiger partial charge is 0.495 e. The predicted molar refractivity (Wildman–Crippen MR) is 257 cm³/mol. The van der Waals surface area contributed by atoms with Gasteiger partial charge in [-0.3, -0.25) is 34.3 Å². The molecule has 0 radical (unpaired) electrons. The quantitative estimate of drug-likeness (QED) is 0.0696. The number of urea groups is 1. The minimum atomic E-state index is -1.08. The van der Waals surface area contributed by atoms with Crippen LogP contribution in [-0.2, 0) is 15.2 Å². The summed E-state index contributed by atoms with van der Waals surface area (Å²) in [6, 6.07) is 18.0. The van der Waals surface area contributed by atoms with Crippen molar-refractivity contribution in [2.45, 2.75) is 82.3 Å². The molecule has 1 saturated carbocycles. The molecule has 4 aliphatic rings. The van der Waals surface area contributed by atoms with Crippen molar-refractivity contribution < 1.29 is 47.0 Å². The summed E-state index contributed by atoms with van der Waals surface area (Å²) in [6.07, 6.45) is 6.06. The van der Waals surface area contributed by atoms with Crippen LogP contribution in [0.2, 0.25) is 5.02 Å². The van der Waals surface area contributed by atoms with E-state index in [9.17, 15) is 24.0 Å². The summed E-state index contributed by atoms with van der Waals surface area (Å²) in [5, 5.41) is 5.67. The summed E-state index contributed by atoms with van der Waals surface area (Å²) in [4.78, 5) is 69.5. The standard InChI is InChI=1S/C52H59ClF2N6O8/c1-31-44-42(29-37(54)47(53)46(44)45-36(49(56)64)18-20-41(68-3)48(45)55)69-52(31,34-10-6-4-7-11-34)30-57-35-16-13-32(14-17-35)50(65)60-26-24-59(25-27-60)22-9-5-8-12-39(62)33-15-19-40(67-2)38(28-33)61-23-21-43(63)58-51(61)66/h4,6-7,10-11,15,18-20,28-29,31-32,35,57H,5,8-9,12-14,16-17,21-27,30H2,1-3H3,(H2,56,64)(H,58,63,66)/t31-,32?,35?,52-/m0/s1. The van der Waals surface area contributed by atoms with Crippen LogP contribution in [0.5, 0.6) is 17.2 Å². The number of amides is 5. The van der Waals surface area contributed by atoms with Crippen LogP contribution in [0.4, 0.5) is 19.3 Å². The number of Topliss-reactive ketones (excluding diaryl/α,β-unsaturated/α-hetero) is 1. The molecule has 4 aromatic carbocycles. The first kappa shape index (κ1) is 49.3. The number of ketones is 1. The number of imide groups is 1. The molecule has 3 heterocycles. The summed E-state index contributed by atoms with van der Waals surface area (Å²) < 4.78 is 49.4. The number of rotatable bonds is 17. The Morgan fingerprint density at radius 1 is 0.884 bits per heavy atom. The Bertz CT molecular complexity index is 2600. The van der Waals surface area contributed by atoms with Crippen LogP contribution >= 0.6 is 11.6 Å². The van der Waals surface area contributed by atoms with Crippen LogP contribution in [0.15, 0.2) is 66.7 Å². The van der Waals surface area contributed by atoms with Gasteiger partial charge in [0.1, 0.15) is 17.3 Å². The molecule has 2 saturated heterocycles. The summed E-state index contributed by atoms with van der Waals surface area (Å²) >= 11 is 6.68. The zero-order valence-electron chi connectivity index (χ0n) is 39.2. The molecule has 0 spiro atoms. The molecule has 14 nitrogen and oxygen atoms in total. The zero-order chi connectivity index (χ0) is 49.0. The Labute approximate surface area is 405 Å². The van der Waals surface area contributed by atoms with Gasteiger partial charge in [-0.1, -0.05) is 55.3 Å². The molecule has 0 aromatic heterocycles. The zero-order valence-corrected chi connectivity index (χ0v) is 40.0. The van der Waals surface area contributed by atoms with E-state index in [1.807, 2.05) is 42.2 Å². The van der Waals surface area contributed by atoms with Gasteiger partial charge in [0.2, 0.25) is 17.7 Å². The molecular weight excluding hydrogens is 910 g/mol. The van der Waals surface area contributed by atoms with Gasteiger partial charge in [0.15, 0.2) is 23.0 Å². The van der Waals surface area contributed by atoms with Gasteiger partial charge < -0.3 is 30.2 Å². The lowest BCUT2D eigenvalue weighted by Gasteiger charge is -2.39. The molecule has 4 aromatic rings. The van der Waals surface area contributed by atoms with Gasteiger partial charge in [0.05, 0.1) is 30.5 Å². The molecule has 366 valence electrons. The van der Waals surface area contributed by atoms with Gasteiger partial charge in [-0.05, 0) is 81.0 Å². The second-order valence-electron chi connectivity index (χ2n) is 18.4. The number of anilines is 1. The van der Waals surface area contributed by atoms with Crippen LogP contribution < -0.4 is 35.5 Å². The lowest BCUT2D eigenvalue weighted by molar-refractivity contribution is -0.138. The van der Waals surface area contributed by atoms with Crippen LogP contribution in [0.25, 0.3) is 11.1 Å². The number of nitrogens with one attached hydrogen (secondary N) is 2. The SMILES string of the molecule is COc1ccc(C(=O)CCCCCN2CCN(C(=O)C3CCC(NC[C@]4(c5ccccc5)Oc5cc(F)c(Cl)c(-c6c(C(N)=O)ccc(OC)c6F)c5[C@@H]4C)CC3)CC2)cc1N1CCC(=O)NC1=O. The Hall–Kier alpha value is -6.10. The highest BCUT2D eigenvalue weighted by atomic mass is 35.5. The molecule has 4 N–H and O–H groups in total. The van der Waals surface area contributed by atoms with Crippen molar-refractivity contribution in [3.8, 4) is 28.4 Å². The Balaban J connectivity index is 0.822. The first-order valence-electron chi connectivity index (χ1n) is 23.7. The second kappa shape index (κ2) is 21.3. The molecule has 5 amide bonds. The highest BCUT2D eigenvalue weighted by molar-refractivity contribution is 6.34. The normalized spacial score (nSPS) is 21.6. The average Bonchev–Trinajstić information content (AvgIpc) is 3.64. The van der Waals surface area contributed by atoms with E-state index >= 15 is 8.78 Å². The Morgan fingerprint density at radius 2 is 1.59 bits per heavy atom. The number of benzene rings is 4. The van der Waals surface area contributed by atoms with Crippen LogP contribution in [0, 0.1) is 17.6 Å². The van der Waals surface area contributed by atoms with Gasteiger partial charge in [0.25, 0.3) is 0 Å². The molecule has 0 unspecified atom stereocenters. The summed E-state index contributed by atoms with van der Waals surface area (Å²) in [6.45, 7) is 6.24. The number of methoxy groups -OCH3 is 2. The van der Waals surface area contributed by atoms with E-state index in [1.54, 1.807) is 18.2 Å². The summed E-state index contributed by atoms with van der Waals surface area (Å²) in [5.74, 6) is -2.93. The number of nitrogens with two attached hydrogens (primary N) is 1. The summed E-state index contributed by atoms with van der Waals surface area (Å²) in [7, 11) is 2.79. The van der Waals surface area contributed by atoms with Crippen molar-refractivity contribution in [3.05, 3.63) is 106 Å². The van der Waals surface area contributed by atoms with Crippen molar-refractivity contribution in [1.29, 1.82) is 0 Å². The Kier molecular flexibility index (Phi) is 15.2. The molecule has 3 aliphatic heterocycles. The maximum absolute atomic E-state index is 16.2. The number of halogens is 3. The smallest absolute Gasteiger partial charge is 0.328 e. The number of ether oxygens (including phenoxy) is 3. The van der Waals surface area contributed by atoms with Crippen molar-refractivity contribution in [2.75, 3.05) is 64.9 Å². The molecule has 69 heavy (non-hydrogen) atoms. The van der Waals surface area contributed by atoms with E-state index in [0.717, 1.165) is 70.1 Å². The maximum Gasteiger partial charge on any atom is 0.328 e. The molecule has 17 heteroatoms. The van der Waals surface area contributed by atoms with E-state index in [-0.39, 0.29) is 75.7 Å². The number of hydrogen-bond donors (Lipinski definition) is 3. The third-order valence-electron chi connectivity index (χ3n) is 14.4. The third-order valence-corrected chi connectivity index (χ3v) is 14.8.